The van der Waals surface area contributed by atoms with Crippen molar-refractivity contribution in [3.8, 4) is 0 Å². The van der Waals surface area contributed by atoms with Gasteiger partial charge in [-0.2, -0.15) is 0 Å². The molecule has 0 fully saturated rings. The van der Waals surface area contributed by atoms with Gasteiger partial charge < -0.3 is 0 Å². The third-order valence-electron chi connectivity index (χ3n) is 1.10. The fraction of sp³-hybridized carbons (Fsp3) is 1.00. The summed E-state index contributed by atoms with van der Waals surface area (Å²) in [4.78, 5) is 0. The molecule has 0 bridgehead atoms. The van der Waals surface area contributed by atoms with Crippen molar-refractivity contribution in [3.05, 3.63) is 0 Å². The topological polar surface area (TPSA) is 60.2 Å². The molecule has 0 aromatic heterocycles. The van der Waals surface area contributed by atoms with E-state index in [1.54, 1.807) is 0 Å². The van der Waals surface area contributed by atoms with Gasteiger partial charge >= 0.3 is 0 Å². The van der Waals surface area contributed by atoms with Gasteiger partial charge in [0.25, 0.3) is 5.92 Å². The fourth-order valence-corrected chi connectivity index (χ4v) is 2.94. The van der Waals surface area contributed by atoms with Gasteiger partial charge in [0.2, 0.25) is 10.0 Å². The van der Waals surface area contributed by atoms with Crippen LogP contribution in [0.15, 0.2) is 0 Å². The van der Waals surface area contributed by atoms with Crippen LogP contribution in [0.2, 0.25) is 0 Å². The van der Waals surface area contributed by atoms with Crippen LogP contribution >= 0.6 is 15.9 Å². The van der Waals surface area contributed by atoms with Crippen molar-refractivity contribution in [3.63, 3.8) is 0 Å². The molecule has 2 N–H and O–H groups in total. The Morgan fingerprint density at radius 3 is 2.00 bits per heavy atom. The molecule has 0 aromatic carbocycles. The highest BCUT2D eigenvalue weighted by Gasteiger charge is 2.41. The van der Waals surface area contributed by atoms with Crippen molar-refractivity contribution < 1.29 is 17.2 Å². The molecular weight excluding hydrogens is 244 g/mol. The van der Waals surface area contributed by atoms with Crippen molar-refractivity contribution in [2.24, 2.45) is 5.14 Å². The molecule has 0 radical (unpaired) electrons. The number of hydrogen-bond acceptors (Lipinski definition) is 2. The summed E-state index contributed by atoms with van der Waals surface area (Å²) >= 11 is 2.65. The van der Waals surface area contributed by atoms with E-state index in [1.807, 2.05) is 0 Å². The van der Waals surface area contributed by atoms with Crippen LogP contribution in [-0.4, -0.2) is 24.9 Å². The molecule has 68 valence electrons. The quantitative estimate of drug-likeness (QED) is 0.751. The Bertz CT molecular complexity index is 223. The number of alkyl halides is 3. The van der Waals surface area contributed by atoms with E-state index in [1.165, 1.54) is 0 Å². The standard InChI is InChI=1S/C4H8BrF2NO2S/c1-4(6,7)3(2-5)11(8,9)10/h3H,2H2,1H3,(H2,8,9,10). The maximum Gasteiger partial charge on any atom is 0.264 e. The first-order chi connectivity index (χ1) is 4.69. The molecule has 0 rings (SSSR count). The van der Waals surface area contributed by atoms with Crippen molar-refractivity contribution >= 4 is 26.0 Å². The monoisotopic (exact) mass is 251 g/mol. The zero-order valence-electron chi connectivity index (χ0n) is 5.72. The zero-order valence-corrected chi connectivity index (χ0v) is 8.12. The Morgan fingerprint density at radius 1 is 1.64 bits per heavy atom. The Kier molecular flexibility index (Phi) is 3.40. The first-order valence-corrected chi connectivity index (χ1v) is 5.38. The lowest BCUT2D eigenvalue weighted by Crippen LogP contribution is -2.42. The summed E-state index contributed by atoms with van der Waals surface area (Å²) in [6.07, 6.45) is 0. The first-order valence-electron chi connectivity index (χ1n) is 2.65. The van der Waals surface area contributed by atoms with E-state index in [4.69, 9.17) is 0 Å². The molecule has 1 unspecified atom stereocenters. The summed E-state index contributed by atoms with van der Waals surface area (Å²) in [5, 5.41) is 2.32. The third-order valence-corrected chi connectivity index (χ3v) is 3.55. The second-order valence-electron chi connectivity index (χ2n) is 2.19. The Balaban J connectivity index is 4.72. The lowest BCUT2D eigenvalue weighted by Gasteiger charge is -2.18. The number of primary sulfonamides is 1. The number of nitrogens with two attached hydrogens (primary N) is 1. The van der Waals surface area contributed by atoms with Crippen LogP contribution in [0.4, 0.5) is 8.78 Å². The van der Waals surface area contributed by atoms with Gasteiger partial charge in [0.1, 0.15) is 5.25 Å². The highest BCUT2D eigenvalue weighted by molar-refractivity contribution is 9.09. The van der Waals surface area contributed by atoms with E-state index in [2.05, 4.69) is 21.1 Å². The van der Waals surface area contributed by atoms with Gasteiger partial charge in [-0.1, -0.05) is 15.9 Å². The second kappa shape index (κ2) is 3.32. The Hall–Kier alpha value is 0.250. The minimum Gasteiger partial charge on any atom is -0.228 e. The zero-order chi connectivity index (χ0) is 9.28. The molecule has 0 aliphatic rings. The second-order valence-corrected chi connectivity index (χ2v) is 4.58. The molecule has 0 spiro atoms. The van der Waals surface area contributed by atoms with Crippen LogP contribution in [0.25, 0.3) is 0 Å². The van der Waals surface area contributed by atoms with Gasteiger partial charge in [-0.3, -0.25) is 0 Å². The predicted molar refractivity (Wildman–Crippen MR) is 41.3 cm³/mol. The number of halogens is 3. The molecule has 0 aliphatic carbocycles. The summed E-state index contributed by atoms with van der Waals surface area (Å²) in [5.41, 5.74) is 0. The molecule has 1 atom stereocenters. The van der Waals surface area contributed by atoms with Gasteiger partial charge in [0.15, 0.2) is 0 Å². The maximum atomic E-state index is 12.4. The first kappa shape index (κ1) is 11.2. The molecule has 0 aromatic rings. The van der Waals surface area contributed by atoms with Crippen LogP contribution in [0.1, 0.15) is 6.92 Å². The maximum absolute atomic E-state index is 12.4. The number of sulfonamides is 1. The van der Waals surface area contributed by atoms with Crippen LogP contribution < -0.4 is 5.14 Å². The normalized spacial score (nSPS) is 16.5. The molecule has 0 saturated carbocycles. The predicted octanol–water partition coefficient (Wildman–Crippen LogP) is 0.694. The largest absolute Gasteiger partial charge is 0.264 e. The van der Waals surface area contributed by atoms with E-state index < -0.39 is 21.2 Å². The van der Waals surface area contributed by atoms with Crippen molar-refractivity contribution in [2.45, 2.75) is 18.1 Å². The summed E-state index contributed by atoms with van der Waals surface area (Å²) in [6.45, 7) is 0.517. The SMILES string of the molecule is CC(F)(F)C(CBr)S(N)(=O)=O. The molecule has 0 aliphatic heterocycles. The highest BCUT2D eigenvalue weighted by atomic mass is 79.9. The molecule has 11 heavy (non-hydrogen) atoms. The Morgan fingerprint density at radius 2 is 2.00 bits per heavy atom. The van der Waals surface area contributed by atoms with Gasteiger partial charge in [-0.25, -0.2) is 22.3 Å². The lowest BCUT2D eigenvalue weighted by atomic mass is 10.3. The van der Waals surface area contributed by atoms with E-state index in [0.717, 1.165) is 0 Å². The summed E-state index contributed by atoms with van der Waals surface area (Å²) in [6, 6.07) is 0. The summed E-state index contributed by atoms with van der Waals surface area (Å²) < 4.78 is 45.7. The van der Waals surface area contributed by atoms with Gasteiger partial charge in [0, 0.05) is 12.3 Å². The van der Waals surface area contributed by atoms with Crippen molar-refractivity contribution in [1.82, 2.24) is 0 Å². The summed E-state index contributed by atoms with van der Waals surface area (Å²) in [7, 11) is -4.17. The van der Waals surface area contributed by atoms with E-state index in [-0.39, 0.29) is 5.33 Å². The third kappa shape index (κ3) is 3.44. The van der Waals surface area contributed by atoms with Gasteiger partial charge in [0.05, 0.1) is 0 Å². The van der Waals surface area contributed by atoms with E-state index in [0.29, 0.717) is 6.92 Å². The number of hydrogen-bond donors (Lipinski definition) is 1. The van der Waals surface area contributed by atoms with Gasteiger partial charge in [-0.15, -0.1) is 0 Å². The molecular formula is C4H8BrF2NO2S. The van der Waals surface area contributed by atoms with Crippen molar-refractivity contribution in [2.75, 3.05) is 5.33 Å². The lowest BCUT2D eigenvalue weighted by molar-refractivity contribution is 0.0233. The summed E-state index contributed by atoms with van der Waals surface area (Å²) in [5.74, 6) is -3.31. The average molecular weight is 252 g/mol. The van der Waals surface area contributed by atoms with Crippen LogP contribution in [0.5, 0.6) is 0 Å². The molecule has 7 heteroatoms. The van der Waals surface area contributed by atoms with Crippen LogP contribution in [0, 0.1) is 0 Å². The van der Waals surface area contributed by atoms with Crippen LogP contribution in [-0.2, 0) is 10.0 Å². The molecule has 3 nitrogen and oxygen atoms in total. The van der Waals surface area contributed by atoms with E-state index in [9.17, 15) is 17.2 Å². The smallest absolute Gasteiger partial charge is 0.228 e. The Labute approximate surface area is 72.1 Å². The minimum absolute atomic E-state index is 0.366. The van der Waals surface area contributed by atoms with E-state index >= 15 is 0 Å². The van der Waals surface area contributed by atoms with Gasteiger partial charge in [-0.05, 0) is 0 Å². The molecule has 0 heterocycles. The molecule has 0 amide bonds. The molecule has 0 saturated heterocycles. The van der Waals surface area contributed by atoms with Crippen molar-refractivity contribution in [1.29, 1.82) is 0 Å². The minimum atomic E-state index is -4.17. The fourth-order valence-electron chi connectivity index (χ4n) is 0.512. The number of rotatable bonds is 3. The highest BCUT2D eigenvalue weighted by Crippen LogP contribution is 2.23. The average Bonchev–Trinajstić information content (AvgIpc) is 1.56. The van der Waals surface area contributed by atoms with Crippen LogP contribution in [0.3, 0.4) is 0 Å².